The fraction of sp³-hybridized carbons (Fsp3) is 0.435. The molecular weight excluding hydrogens is 366 g/mol. The summed E-state index contributed by atoms with van der Waals surface area (Å²) in [5.41, 5.74) is 9.90. The average Bonchev–Trinajstić information content (AvgIpc) is 2.63. The Bertz CT molecular complexity index is 936. The van der Waals surface area contributed by atoms with E-state index in [1.807, 2.05) is 6.07 Å². The Morgan fingerprint density at radius 1 is 0.897 bits per heavy atom. The predicted octanol–water partition coefficient (Wildman–Crippen LogP) is 6.07. The van der Waals surface area contributed by atoms with Gasteiger partial charge in [-0.3, -0.25) is 0 Å². The van der Waals surface area contributed by atoms with Crippen molar-refractivity contribution in [1.82, 2.24) is 0 Å². The predicted molar refractivity (Wildman–Crippen MR) is 117 cm³/mol. The van der Waals surface area contributed by atoms with E-state index in [1.165, 1.54) is 13.2 Å². The summed E-state index contributed by atoms with van der Waals surface area (Å²) >= 11 is 0. The number of azo groups is 1. The molecule has 0 aliphatic rings. The normalized spacial score (nSPS) is 12.3. The topological polar surface area (TPSA) is 86.3 Å². The molecule has 0 aliphatic carbocycles. The second-order valence-corrected chi connectivity index (χ2v) is 9.04. The molecule has 0 saturated carbocycles. The minimum Gasteiger partial charge on any atom is -0.494 e. The summed E-state index contributed by atoms with van der Waals surface area (Å²) in [6.45, 7) is 12.9. The minimum atomic E-state index is -0.449. The second-order valence-electron chi connectivity index (χ2n) is 9.04. The summed E-state index contributed by atoms with van der Waals surface area (Å²) in [7, 11) is 2.97. The number of esters is 1. The molecule has 0 saturated heterocycles. The Labute approximate surface area is 173 Å². The van der Waals surface area contributed by atoms with Crippen molar-refractivity contribution in [1.29, 1.82) is 0 Å². The fourth-order valence-corrected chi connectivity index (χ4v) is 2.89. The van der Waals surface area contributed by atoms with Crippen LogP contribution < -0.4 is 10.5 Å². The van der Waals surface area contributed by atoms with Gasteiger partial charge in [-0.2, -0.15) is 0 Å². The molecule has 0 unspecified atom stereocenters. The molecule has 29 heavy (non-hydrogen) atoms. The van der Waals surface area contributed by atoms with Crippen LogP contribution in [-0.2, 0) is 15.6 Å². The van der Waals surface area contributed by atoms with E-state index in [2.05, 4.69) is 57.8 Å². The van der Waals surface area contributed by atoms with Crippen molar-refractivity contribution < 1.29 is 14.3 Å². The Morgan fingerprint density at radius 2 is 1.52 bits per heavy atom. The summed E-state index contributed by atoms with van der Waals surface area (Å²) in [5, 5.41) is 8.78. The number of carbonyl (C=O) groups is 1. The van der Waals surface area contributed by atoms with Crippen LogP contribution >= 0.6 is 0 Å². The van der Waals surface area contributed by atoms with Gasteiger partial charge in [0.2, 0.25) is 0 Å². The molecule has 0 spiro atoms. The summed E-state index contributed by atoms with van der Waals surface area (Å²) < 4.78 is 10.4. The molecule has 0 atom stereocenters. The SMILES string of the molecule is COC(=O)c1ccc(N=Nc2cc(C(C)(C)C)cc(C(C)(C)C)c2OC)c(N)c1. The number of nitrogen functional groups attached to an aromatic ring is 1. The number of carbonyl (C=O) groups excluding carboxylic acids is 1. The Hall–Kier alpha value is -2.89. The number of nitrogens with zero attached hydrogens (tertiary/aromatic N) is 2. The van der Waals surface area contributed by atoms with Crippen LogP contribution in [0.1, 0.15) is 63.0 Å². The zero-order valence-corrected chi connectivity index (χ0v) is 18.6. The van der Waals surface area contributed by atoms with E-state index in [9.17, 15) is 4.79 Å². The number of methoxy groups -OCH3 is 2. The molecule has 2 aromatic carbocycles. The number of anilines is 1. The first kappa shape index (κ1) is 22.4. The highest BCUT2D eigenvalue weighted by Gasteiger charge is 2.26. The van der Waals surface area contributed by atoms with Crippen molar-refractivity contribution >= 4 is 23.0 Å². The Kier molecular flexibility index (Phi) is 6.36. The Morgan fingerprint density at radius 3 is 2.00 bits per heavy atom. The second kappa shape index (κ2) is 8.23. The lowest BCUT2D eigenvalue weighted by Crippen LogP contribution is -2.17. The molecule has 0 amide bonds. The smallest absolute Gasteiger partial charge is 0.337 e. The largest absolute Gasteiger partial charge is 0.494 e. The molecule has 2 rings (SSSR count). The Balaban J connectivity index is 2.58. The van der Waals surface area contributed by atoms with Crippen molar-refractivity contribution in [3.63, 3.8) is 0 Å². The van der Waals surface area contributed by atoms with E-state index >= 15 is 0 Å². The first-order chi connectivity index (χ1) is 13.4. The van der Waals surface area contributed by atoms with Gasteiger partial charge in [0.05, 0.1) is 25.5 Å². The first-order valence-electron chi connectivity index (χ1n) is 9.51. The van der Waals surface area contributed by atoms with Crippen molar-refractivity contribution in [2.24, 2.45) is 10.2 Å². The lowest BCUT2D eigenvalue weighted by Gasteiger charge is -2.27. The van der Waals surface area contributed by atoms with Gasteiger partial charge in [-0.25, -0.2) is 4.79 Å². The summed E-state index contributed by atoms with van der Waals surface area (Å²) in [6.07, 6.45) is 0. The van der Waals surface area contributed by atoms with Crippen LogP contribution in [-0.4, -0.2) is 20.2 Å². The summed E-state index contributed by atoms with van der Waals surface area (Å²) in [5.74, 6) is 0.244. The maximum absolute atomic E-state index is 11.7. The van der Waals surface area contributed by atoms with Crippen LogP contribution in [0, 0.1) is 0 Å². The van der Waals surface area contributed by atoms with Crippen LogP contribution in [0.2, 0.25) is 0 Å². The average molecular weight is 398 g/mol. The van der Waals surface area contributed by atoms with Gasteiger partial charge >= 0.3 is 5.97 Å². The molecule has 2 aromatic rings. The van der Waals surface area contributed by atoms with E-state index in [0.29, 0.717) is 28.4 Å². The van der Waals surface area contributed by atoms with E-state index in [4.69, 9.17) is 15.2 Å². The van der Waals surface area contributed by atoms with E-state index in [1.54, 1.807) is 19.2 Å². The zero-order valence-electron chi connectivity index (χ0n) is 18.6. The zero-order chi connectivity index (χ0) is 22.0. The molecule has 0 fully saturated rings. The van der Waals surface area contributed by atoms with Gasteiger partial charge in [0.15, 0.2) is 0 Å². The lowest BCUT2D eigenvalue weighted by atomic mass is 9.80. The van der Waals surface area contributed by atoms with E-state index in [0.717, 1.165) is 11.1 Å². The first-order valence-corrected chi connectivity index (χ1v) is 9.51. The van der Waals surface area contributed by atoms with Gasteiger partial charge in [0.25, 0.3) is 0 Å². The van der Waals surface area contributed by atoms with Crippen LogP contribution in [0.4, 0.5) is 17.1 Å². The van der Waals surface area contributed by atoms with Crippen molar-refractivity contribution in [3.8, 4) is 5.75 Å². The minimum absolute atomic E-state index is 0.0578. The summed E-state index contributed by atoms with van der Waals surface area (Å²) in [6, 6.07) is 8.97. The van der Waals surface area contributed by atoms with Crippen molar-refractivity contribution in [2.75, 3.05) is 20.0 Å². The number of hydrogen-bond acceptors (Lipinski definition) is 6. The van der Waals surface area contributed by atoms with Crippen molar-refractivity contribution in [2.45, 2.75) is 52.4 Å². The summed E-state index contributed by atoms with van der Waals surface area (Å²) in [4.78, 5) is 11.7. The van der Waals surface area contributed by atoms with Crippen molar-refractivity contribution in [3.05, 3.63) is 47.0 Å². The highest BCUT2D eigenvalue weighted by atomic mass is 16.5. The van der Waals surface area contributed by atoms with Gasteiger partial charge in [0.1, 0.15) is 17.1 Å². The van der Waals surface area contributed by atoms with Crippen LogP contribution in [0.3, 0.4) is 0 Å². The van der Waals surface area contributed by atoms with E-state index in [-0.39, 0.29) is 10.8 Å². The number of rotatable bonds is 4. The molecular formula is C23H31N3O3. The van der Waals surface area contributed by atoms with Gasteiger partial charge in [-0.1, -0.05) is 47.6 Å². The molecule has 0 aromatic heterocycles. The maximum atomic E-state index is 11.7. The van der Waals surface area contributed by atoms with Gasteiger partial charge in [-0.05, 0) is 40.7 Å². The van der Waals surface area contributed by atoms with Gasteiger partial charge < -0.3 is 15.2 Å². The molecule has 0 radical (unpaired) electrons. The van der Waals surface area contributed by atoms with Gasteiger partial charge in [0, 0.05) is 5.56 Å². The van der Waals surface area contributed by atoms with Crippen LogP contribution in [0.25, 0.3) is 0 Å². The number of hydrogen-bond donors (Lipinski definition) is 1. The third-order valence-corrected chi connectivity index (χ3v) is 4.66. The number of ether oxygens (including phenoxy) is 2. The molecule has 156 valence electrons. The highest BCUT2D eigenvalue weighted by molar-refractivity contribution is 5.91. The molecule has 6 nitrogen and oxygen atoms in total. The van der Waals surface area contributed by atoms with Gasteiger partial charge in [-0.15, -0.1) is 10.2 Å². The van der Waals surface area contributed by atoms with Crippen LogP contribution in [0.5, 0.6) is 5.75 Å². The maximum Gasteiger partial charge on any atom is 0.337 e. The highest BCUT2D eigenvalue weighted by Crippen LogP contribution is 2.43. The monoisotopic (exact) mass is 397 g/mol. The molecule has 0 aliphatic heterocycles. The third-order valence-electron chi connectivity index (χ3n) is 4.66. The lowest BCUT2D eigenvalue weighted by molar-refractivity contribution is 0.0601. The van der Waals surface area contributed by atoms with E-state index < -0.39 is 5.97 Å². The molecule has 0 bridgehead atoms. The fourth-order valence-electron chi connectivity index (χ4n) is 2.89. The van der Waals surface area contributed by atoms with Crippen LogP contribution in [0.15, 0.2) is 40.6 Å². The quantitative estimate of drug-likeness (QED) is 0.385. The third kappa shape index (κ3) is 5.13. The molecule has 2 N–H and O–H groups in total. The molecule has 6 heteroatoms. The number of benzene rings is 2. The number of nitrogens with two attached hydrogens (primary N) is 1. The molecule has 0 heterocycles. The standard InChI is InChI=1S/C23H31N3O3/c1-22(2,3)15-12-16(23(4,5)6)20(28-7)19(13-15)26-25-18-10-9-14(11-17(18)24)21(27)29-8/h9-13H,24H2,1-8H3.